The Hall–Kier alpha value is -2.43. The van der Waals surface area contributed by atoms with Gasteiger partial charge in [0.25, 0.3) is 0 Å². The molecule has 34 heavy (non-hydrogen) atoms. The van der Waals surface area contributed by atoms with Gasteiger partial charge >= 0.3 is 6.18 Å². The van der Waals surface area contributed by atoms with Crippen molar-refractivity contribution in [3.8, 4) is 11.1 Å². The van der Waals surface area contributed by atoms with Crippen LogP contribution < -0.4 is 0 Å². The van der Waals surface area contributed by atoms with Crippen LogP contribution in [-0.4, -0.2) is 0 Å². The molecule has 0 radical (unpaired) electrons. The Kier molecular flexibility index (Phi) is 7.59. The molecule has 0 bridgehead atoms. The summed E-state index contributed by atoms with van der Waals surface area (Å²) in [5.41, 5.74) is -0.0129. The standard InChI is InChI=1S/C29H31F5/c1-2-3-4-19-5-7-20(8-6-19)9-10-21-11-14-24-22(17-21)12-15-25(28(24)31)23-13-16-26(27(30)18-23)29(32,33)34/h11-20H,2-10H2,1H3. The molecule has 1 aliphatic carbocycles. The zero-order chi connectivity index (χ0) is 24.3. The predicted molar refractivity (Wildman–Crippen MR) is 128 cm³/mol. The number of hydrogen-bond acceptors (Lipinski definition) is 0. The van der Waals surface area contributed by atoms with Crippen LogP contribution in [0.1, 0.15) is 69.4 Å². The van der Waals surface area contributed by atoms with Gasteiger partial charge in [0.15, 0.2) is 0 Å². The molecule has 1 saturated carbocycles. The number of aryl methyl sites for hydroxylation is 1. The lowest BCUT2D eigenvalue weighted by Crippen LogP contribution is -2.15. The molecule has 0 saturated heterocycles. The Labute approximate surface area is 198 Å². The molecule has 0 aliphatic heterocycles. The van der Waals surface area contributed by atoms with Gasteiger partial charge in [0.2, 0.25) is 0 Å². The SMILES string of the molecule is CCCCC1CCC(CCc2ccc3c(F)c(-c4ccc(C(F)(F)F)c(F)c4)ccc3c2)CC1. The van der Waals surface area contributed by atoms with E-state index in [4.69, 9.17) is 0 Å². The molecule has 0 spiro atoms. The fraction of sp³-hybridized carbons (Fsp3) is 0.448. The molecular formula is C29H31F5. The lowest BCUT2D eigenvalue weighted by Gasteiger charge is -2.28. The topological polar surface area (TPSA) is 0 Å². The minimum atomic E-state index is -4.78. The summed E-state index contributed by atoms with van der Waals surface area (Å²) >= 11 is 0. The van der Waals surface area contributed by atoms with Crippen LogP contribution in [0.3, 0.4) is 0 Å². The van der Waals surface area contributed by atoms with E-state index >= 15 is 4.39 Å². The average Bonchev–Trinajstić information content (AvgIpc) is 2.81. The van der Waals surface area contributed by atoms with Crippen molar-refractivity contribution in [1.29, 1.82) is 0 Å². The van der Waals surface area contributed by atoms with Crippen LogP contribution in [0.4, 0.5) is 22.0 Å². The second-order valence-electron chi connectivity index (χ2n) is 9.74. The van der Waals surface area contributed by atoms with Crippen LogP contribution in [0.2, 0.25) is 0 Å². The fourth-order valence-electron chi connectivity index (χ4n) is 5.30. The van der Waals surface area contributed by atoms with Crippen molar-refractivity contribution in [1.82, 2.24) is 0 Å². The van der Waals surface area contributed by atoms with E-state index in [1.807, 2.05) is 12.1 Å². The van der Waals surface area contributed by atoms with Crippen LogP contribution in [0.5, 0.6) is 0 Å². The van der Waals surface area contributed by atoms with E-state index in [1.165, 1.54) is 51.0 Å². The van der Waals surface area contributed by atoms with Crippen molar-refractivity contribution in [3.05, 3.63) is 71.3 Å². The van der Waals surface area contributed by atoms with E-state index < -0.39 is 23.4 Å². The molecular weight excluding hydrogens is 443 g/mol. The van der Waals surface area contributed by atoms with Crippen LogP contribution >= 0.6 is 0 Å². The van der Waals surface area contributed by atoms with Gasteiger partial charge in [-0.3, -0.25) is 0 Å². The minimum Gasteiger partial charge on any atom is -0.206 e. The Morgan fingerprint density at radius 1 is 0.824 bits per heavy atom. The molecule has 1 aliphatic rings. The largest absolute Gasteiger partial charge is 0.419 e. The van der Waals surface area contributed by atoms with Gasteiger partial charge in [-0.05, 0) is 53.3 Å². The molecule has 3 aromatic carbocycles. The summed E-state index contributed by atoms with van der Waals surface area (Å²) in [6.45, 7) is 2.25. The summed E-state index contributed by atoms with van der Waals surface area (Å²) in [5.74, 6) is -0.303. The van der Waals surface area contributed by atoms with Gasteiger partial charge in [-0.2, -0.15) is 13.2 Å². The molecule has 5 heteroatoms. The first-order valence-electron chi connectivity index (χ1n) is 12.3. The summed E-state index contributed by atoms with van der Waals surface area (Å²) in [5, 5.41) is 1.13. The second-order valence-corrected chi connectivity index (χ2v) is 9.74. The molecule has 4 rings (SSSR count). The van der Waals surface area contributed by atoms with Gasteiger partial charge in [-0.15, -0.1) is 0 Å². The number of unbranched alkanes of at least 4 members (excludes halogenated alkanes) is 1. The van der Waals surface area contributed by atoms with Crippen LogP contribution in [0.25, 0.3) is 21.9 Å². The lowest BCUT2D eigenvalue weighted by atomic mass is 9.78. The monoisotopic (exact) mass is 474 g/mol. The third kappa shape index (κ3) is 5.61. The van der Waals surface area contributed by atoms with Gasteiger partial charge < -0.3 is 0 Å². The number of alkyl halides is 3. The summed E-state index contributed by atoms with van der Waals surface area (Å²) in [6.07, 6.45) is 6.53. The highest BCUT2D eigenvalue weighted by molar-refractivity contribution is 5.88. The third-order valence-corrected chi connectivity index (χ3v) is 7.38. The molecule has 0 amide bonds. The molecule has 0 nitrogen and oxygen atoms in total. The van der Waals surface area contributed by atoms with Gasteiger partial charge in [-0.25, -0.2) is 8.78 Å². The maximum absolute atomic E-state index is 15.2. The quantitative estimate of drug-likeness (QED) is 0.299. The third-order valence-electron chi connectivity index (χ3n) is 7.38. The molecule has 1 fully saturated rings. The van der Waals surface area contributed by atoms with Crippen molar-refractivity contribution in [2.45, 2.75) is 70.9 Å². The van der Waals surface area contributed by atoms with Crippen molar-refractivity contribution in [3.63, 3.8) is 0 Å². The highest BCUT2D eigenvalue weighted by atomic mass is 19.4. The van der Waals surface area contributed by atoms with Gasteiger partial charge in [0.1, 0.15) is 11.6 Å². The highest BCUT2D eigenvalue weighted by Gasteiger charge is 2.34. The number of fused-ring (bicyclic) bond motifs is 1. The molecule has 182 valence electrons. The van der Waals surface area contributed by atoms with Crippen LogP contribution in [-0.2, 0) is 12.6 Å². The first kappa shape index (κ1) is 24.7. The molecule has 0 N–H and O–H groups in total. The summed E-state index contributed by atoms with van der Waals surface area (Å²) < 4.78 is 67.7. The van der Waals surface area contributed by atoms with Gasteiger partial charge in [0, 0.05) is 10.9 Å². The van der Waals surface area contributed by atoms with E-state index in [2.05, 4.69) is 6.92 Å². The fourth-order valence-corrected chi connectivity index (χ4v) is 5.30. The predicted octanol–water partition coefficient (Wildman–Crippen LogP) is 9.73. The zero-order valence-corrected chi connectivity index (χ0v) is 19.5. The van der Waals surface area contributed by atoms with Crippen LogP contribution in [0.15, 0.2) is 48.5 Å². The summed E-state index contributed by atoms with van der Waals surface area (Å²) in [4.78, 5) is 0. The number of rotatable bonds is 7. The average molecular weight is 475 g/mol. The lowest BCUT2D eigenvalue weighted by molar-refractivity contribution is -0.139. The number of halogens is 5. The van der Waals surface area contributed by atoms with Crippen molar-refractivity contribution in [2.24, 2.45) is 11.8 Å². The van der Waals surface area contributed by atoms with E-state index in [0.717, 1.165) is 47.8 Å². The Morgan fingerprint density at radius 2 is 1.53 bits per heavy atom. The molecule has 3 aromatic rings. The first-order valence-corrected chi connectivity index (χ1v) is 12.3. The Balaban J connectivity index is 1.45. The van der Waals surface area contributed by atoms with Gasteiger partial charge in [0.05, 0.1) is 5.56 Å². The summed E-state index contributed by atoms with van der Waals surface area (Å²) in [7, 11) is 0. The second kappa shape index (κ2) is 10.5. The number of benzene rings is 3. The smallest absolute Gasteiger partial charge is 0.206 e. The van der Waals surface area contributed by atoms with Gasteiger partial charge in [-0.1, -0.05) is 88.3 Å². The van der Waals surface area contributed by atoms with E-state index in [1.54, 1.807) is 12.1 Å². The van der Waals surface area contributed by atoms with Crippen LogP contribution in [0, 0.1) is 23.5 Å². The van der Waals surface area contributed by atoms with Crippen molar-refractivity contribution < 1.29 is 22.0 Å². The highest BCUT2D eigenvalue weighted by Crippen LogP contribution is 2.36. The maximum Gasteiger partial charge on any atom is 0.419 e. The molecule has 0 heterocycles. The Morgan fingerprint density at radius 3 is 2.18 bits per heavy atom. The number of hydrogen-bond donors (Lipinski definition) is 0. The molecule has 0 unspecified atom stereocenters. The molecule has 0 aromatic heterocycles. The molecule has 0 atom stereocenters. The Bertz CT molecular complexity index is 1120. The summed E-state index contributed by atoms with van der Waals surface area (Å²) in [6, 6.07) is 11.4. The van der Waals surface area contributed by atoms with E-state index in [9.17, 15) is 17.6 Å². The van der Waals surface area contributed by atoms with Crippen molar-refractivity contribution in [2.75, 3.05) is 0 Å². The zero-order valence-electron chi connectivity index (χ0n) is 19.5. The van der Waals surface area contributed by atoms with E-state index in [-0.39, 0.29) is 11.1 Å². The first-order chi connectivity index (χ1) is 16.3. The van der Waals surface area contributed by atoms with Crippen molar-refractivity contribution >= 4 is 10.8 Å². The normalized spacial score (nSPS) is 19.0. The maximum atomic E-state index is 15.2. The minimum absolute atomic E-state index is 0.0866. The van der Waals surface area contributed by atoms with E-state index in [0.29, 0.717) is 11.5 Å².